The number of benzene rings is 1. The predicted molar refractivity (Wildman–Crippen MR) is 77.0 cm³/mol. The highest BCUT2D eigenvalue weighted by molar-refractivity contribution is 5.79. The minimum Gasteiger partial charge on any atom is -0.465 e. The highest BCUT2D eigenvalue weighted by Gasteiger charge is 2.36. The van der Waals surface area contributed by atoms with Crippen LogP contribution in [0.25, 0.3) is 11.0 Å². The van der Waals surface area contributed by atoms with Crippen LogP contribution in [0.15, 0.2) is 28.9 Å². The fourth-order valence-electron chi connectivity index (χ4n) is 3.23. The van der Waals surface area contributed by atoms with Gasteiger partial charge >= 0.3 is 6.09 Å². The second-order valence-corrected chi connectivity index (χ2v) is 6.46. The Morgan fingerprint density at radius 1 is 1.30 bits per heavy atom. The molecule has 0 radical (unpaired) electrons. The summed E-state index contributed by atoms with van der Waals surface area (Å²) in [5.74, 6) is 0. The summed E-state index contributed by atoms with van der Waals surface area (Å²) in [6, 6.07) is 6.13. The van der Waals surface area contributed by atoms with Crippen molar-refractivity contribution in [3.63, 3.8) is 0 Å². The maximum absolute atomic E-state index is 11.6. The van der Waals surface area contributed by atoms with Crippen LogP contribution in [0, 0.1) is 0 Å². The zero-order valence-corrected chi connectivity index (χ0v) is 12.0. The number of furan rings is 1. The van der Waals surface area contributed by atoms with E-state index in [1.165, 1.54) is 11.1 Å². The number of carboxylic acid groups (broad SMARTS) is 1. The maximum Gasteiger partial charge on any atom is 0.408 e. The minimum atomic E-state index is -0.848. The number of hydrogen-bond donors (Lipinski definition) is 1. The van der Waals surface area contributed by atoms with Gasteiger partial charge in [0, 0.05) is 17.0 Å². The van der Waals surface area contributed by atoms with Crippen LogP contribution >= 0.6 is 0 Å². The van der Waals surface area contributed by atoms with E-state index in [1.54, 1.807) is 11.2 Å². The van der Waals surface area contributed by atoms with E-state index >= 15 is 0 Å². The molecule has 1 atom stereocenters. The lowest BCUT2D eigenvalue weighted by molar-refractivity contribution is 0.0731. The van der Waals surface area contributed by atoms with Crippen LogP contribution in [-0.4, -0.2) is 27.7 Å². The van der Waals surface area contributed by atoms with Gasteiger partial charge in [0.15, 0.2) is 0 Å². The Morgan fingerprint density at radius 3 is 2.55 bits per heavy atom. The normalized spacial score (nSPS) is 18.2. The molecule has 2 aromatic rings. The molecule has 0 aliphatic heterocycles. The summed E-state index contributed by atoms with van der Waals surface area (Å²) in [6.07, 6.45) is 2.38. The van der Waals surface area contributed by atoms with Gasteiger partial charge in [-0.2, -0.15) is 0 Å². The van der Waals surface area contributed by atoms with E-state index in [9.17, 15) is 9.90 Å². The molecular weight excluding hydrogens is 254 g/mol. The Labute approximate surface area is 118 Å². The zero-order valence-electron chi connectivity index (χ0n) is 12.0. The predicted octanol–water partition coefficient (Wildman–Crippen LogP) is 3.68. The number of rotatable bonds is 1. The molecule has 0 bridgehead atoms. The molecule has 1 heterocycles. The molecule has 1 unspecified atom stereocenters. The number of carbonyl (C=O) groups is 1. The fourth-order valence-corrected chi connectivity index (χ4v) is 3.23. The molecule has 20 heavy (non-hydrogen) atoms. The molecule has 0 spiro atoms. The molecule has 4 nitrogen and oxygen atoms in total. The maximum atomic E-state index is 11.6. The van der Waals surface area contributed by atoms with Gasteiger partial charge in [0.05, 0.1) is 6.26 Å². The van der Waals surface area contributed by atoms with Gasteiger partial charge < -0.3 is 9.52 Å². The van der Waals surface area contributed by atoms with Crippen molar-refractivity contribution in [1.29, 1.82) is 0 Å². The van der Waals surface area contributed by atoms with Crippen molar-refractivity contribution < 1.29 is 14.3 Å². The molecule has 0 saturated heterocycles. The molecule has 1 N–H and O–H groups in total. The van der Waals surface area contributed by atoms with Gasteiger partial charge in [-0.1, -0.05) is 0 Å². The lowest BCUT2D eigenvalue weighted by Crippen LogP contribution is -2.51. The standard InChI is InChI=1S/C16H19NO3/c1-16(2,3)17(15(18)19)13-7-11-6-10-4-5-20-14(10)9-12(11)8-13/h4-6,9,13H,7-8H2,1-3H3,(H,18,19). The Morgan fingerprint density at radius 2 is 1.95 bits per heavy atom. The molecule has 0 saturated carbocycles. The molecule has 106 valence electrons. The summed E-state index contributed by atoms with van der Waals surface area (Å²) in [5, 5.41) is 10.6. The topological polar surface area (TPSA) is 53.7 Å². The van der Waals surface area contributed by atoms with Crippen LogP contribution in [-0.2, 0) is 12.8 Å². The summed E-state index contributed by atoms with van der Waals surface area (Å²) in [5.41, 5.74) is 2.92. The van der Waals surface area contributed by atoms with E-state index in [-0.39, 0.29) is 6.04 Å². The van der Waals surface area contributed by atoms with Gasteiger partial charge in [0.1, 0.15) is 5.58 Å². The SMILES string of the molecule is CC(C)(C)N(C(=O)O)C1Cc2cc3ccoc3cc2C1. The number of amides is 1. The van der Waals surface area contributed by atoms with E-state index in [2.05, 4.69) is 6.07 Å². The first kappa shape index (κ1) is 13.0. The van der Waals surface area contributed by atoms with Gasteiger partial charge in [-0.15, -0.1) is 0 Å². The number of hydrogen-bond acceptors (Lipinski definition) is 2. The third-order valence-electron chi connectivity index (χ3n) is 3.98. The fraction of sp³-hybridized carbons (Fsp3) is 0.438. The average Bonchev–Trinajstić information content (AvgIpc) is 2.87. The van der Waals surface area contributed by atoms with Gasteiger partial charge in [-0.3, -0.25) is 4.90 Å². The highest BCUT2D eigenvalue weighted by atomic mass is 16.4. The molecule has 1 aromatic heterocycles. The summed E-state index contributed by atoms with van der Waals surface area (Å²) >= 11 is 0. The number of nitrogens with zero attached hydrogens (tertiary/aromatic N) is 1. The van der Waals surface area contributed by atoms with Crippen molar-refractivity contribution in [2.45, 2.75) is 45.2 Å². The van der Waals surface area contributed by atoms with E-state index < -0.39 is 11.6 Å². The van der Waals surface area contributed by atoms with E-state index in [0.717, 1.165) is 23.8 Å². The van der Waals surface area contributed by atoms with Crippen LogP contribution < -0.4 is 0 Å². The van der Waals surface area contributed by atoms with Gasteiger partial charge in [0.2, 0.25) is 0 Å². The second-order valence-electron chi connectivity index (χ2n) is 6.46. The van der Waals surface area contributed by atoms with Crippen molar-refractivity contribution in [3.8, 4) is 0 Å². The average molecular weight is 273 g/mol. The summed E-state index contributed by atoms with van der Waals surface area (Å²) in [4.78, 5) is 13.2. The van der Waals surface area contributed by atoms with E-state index in [4.69, 9.17) is 4.42 Å². The Hall–Kier alpha value is -1.97. The first-order valence-corrected chi connectivity index (χ1v) is 6.87. The third kappa shape index (κ3) is 2.05. The second kappa shape index (κ2) is 4.27. The van der Waals surface area contributed by atoms with Crippen molar-refractivity contribution in [1.82, 2.24) is 4.90 Å². The first-order valence-electron chi connectivity index (χ1n) is 6.87. The molecule has 4 heteroatoms. The van der Waals surface area contributed by atoms with Crippen LogP contribution in [0.3, 0.4) is 0 Å². The quantitative estimate of drug-likeness (QED) is 0.862. The van der Waals surface area contributed by atoms with Crippen molar-refractivity contribution in [2.24, 2.45) is 0 Å². The minimum absolute atomic E-state index is 0.00834. The molecule has 3 rings (SSSR count). The monoisotopic (exact) mass is 273 g/mol. The lowest BCUT2D eigenvalue weighted by Gasteiger charge is -2.38. The highest BCUT2D eigenvalue weighted by Crippen LogP contribution is 2.32. The van der Waals surface area contributed by atoms with Crippen LogP contribution in [0.5, 0.6) is 0 Å². The summed E-state index contributed by atoms with van der Waals surface area (Å²) in [6.45, 7) is 5.82. The molecule has 1 aliphatic rings. The Balaban J connectivity index is 1.94. The van der Waals surface area contributed by atoms with Crippen molar-refractivity contribution in [3.05, 3.63) is 35.6 Å². The molecule has 1 aliphatic carbocycles. The lowest BCUT2D eigenvalue weighted by atomic mass is 10.0. The molecule has 1 amide bonds. The zero-order chi connectivity index (χ0) is 14.5. The van der Waals surface area contributed by atoms with Gasteiger partial charge in [-0.25, -0.2) is 4.79 Å². The smallest absolute Gasteiger partial charge is 0.408 e. The third-order valence-corrected chi connectivity index (χ3v) is 3.98. The van der Waals surface area contributed by atoms with Crippen LogP contribution in [0.4, 0.5) is 4.79 Å². The van der Waals surface area contributed by atoms with Crippen molar-refractivity contribution >= 4 is 17.1 Å². The van der Waals surface area contributed by atoms with Crippen LogP contribution in [0.1, 0.15) is 31.9 Å². The largest absolute Gasteiger partial charge is 0.465 e. The molecule has 0 fully saturated rings. The molecule has 1 aromatic carbocycles. The van der Waals surface area contributed by atoms with Crippen LogP contribution in [0.2, 0.25) is 0 Å². The van der Waals surface area contributed by atoms with Gasteiger partial charge in [0.25, 0.3) is 0 Å². The summed E-state index contributed by atoms with van der Waals surface area (Å²) < 4.78 is 5.42. The summed E-state index contributed by atoms with van der Waals surface area (Å²) in [7, 11) is 0. The van der Waals surface area contributed by atoms with Gasteiger partial charge in [-0.05, 0) is 62.9 Å². The van der Waals surface area contributed by atoms with E-state index in [1.807, 2.05) is 32.9 Å². The van der Waals surface area contributed by atoms with Crippen molar-refractivity contribution in [2.75, 3.05) is 0 Å². The number of fused-ring (bicyclic) bond motifs is 2. The van der Waals surface area contributed by atoms with E-state index in [0.29, 0.717) is 0 Å². The molecular formula is C16H19NO3. The Bertz CT molecular complexity index is 626. The first-order chi connectivity index (χ1) is 9.36. The Kier molecular flexibility index (Phi) is 2.78.